The summed E-state index contributed by atoms with van der Waals surface area (Å²) in [6, 6.07) is 14.2. The highest BCUT2D eigenvalue weighted by Gasteiger charge is 2.51. The van der Waals surface area contributed by atoms with Gasteiger partial charge in [0.1, 0.15) is 12.4 Å². The summed E-state index contributed by atoms with van der Waals surface area (Å²) in [5.41, 5.74) is 2.69. The summed E-state index contributed by atoms with van der Waals surface area (Å²) in [7, 11) is -0.326. The van der Waals surface area contributed by atoms with E-state index in [1.165, 1.54) is 5.56 Å². The standard InChI is InChI=1S/C20H24BBrO3/c1-14-6-11-17(12-18(14)22)23-13-15-7-9-16(10-8-15)21-24-19(2,3)20(4,5)25-21/h6-12H,13H2,1-5H3. The first-order valence-corrected chi connectivity index (χ1v) is 9.31. The van der Waals surface area contributed by atoms with Crippen LogP contribution in [0.3, 0.4) is 0 Å². The minimum Gasteiger partial charge on any atom is -0.489 e. The van der Waals surface area contributed by atoms with E-state index in [9.17, 15) is 0 Å². The van der Waals surface area contributed by atoms with Gasteiger partial charge in [0, 0.05) is 4.47 Å². The highest BCUT2D eigenvalue weighted by molar-refractivity contribution is 9.10. The first kappa shape index (κ1) is 18.5. The molecule has 1 fully saturated rings. The lowest BCUT2D eigenvalue weighted by Gasteiger charge is -2.32. The molecule has 3 nitrogen and oxygen atoms in total. The first-order chi connectivity index (χ1) is 11.7. The summed E-state index contributed by atoms with van der Waals surface area (Å²) >= 11 is 3.53. The highest BCUT2D eigenvalue weighted by atomic mass is 79.9. The second-order valence-corrected chi connectivity index (χ2v) is 8.38. The number of aryl methyl sites for hydroxylation is 1. The molecule has 5 heteroatoms. The Labute approximate surface area is 159 Å². The number of benzene rings is 2. The predicted octanol–water partition coefficient (Wildman–Crippen LogP) is 4.64. The molecule has 1 heterocycles. The monoisotopic (exact) mass is 402 g/mol. The van der Waals surface area contributed by atoms with Crippen molar-refractivity contribution in [2.75, 3.05) is 0 Å². The maximum Gasteiger partial charge on any atom is 0.494 e. The predicted molar refractivity (Wildman–Crippen MR) is 105 cm³/mol. The van der Waals surface area contributed by atoms with E-state index in [-0.39, 0.29) is 18.3 Å². The lowest BCUT2D eigenvalue weighted by Crippen LogP contribution is -2.41. The molecule has 2 aromatic rings. The Bertz CT molecular complexity index is 740. The normalized spacial score (nSPS) is 18.4. The Balaban J connectivity index is 1.64. The number of hydrogen-bond acceptors (Lipinski definition) is 3. The summed E-state index contributed by atoms with van der Waals surface area (Å²) in [6.07, 6.45) is 0. The van der Waals surface area contributed by atoms with Crippen molar-refractivity contribution in [1.29, 1.82) is 0 Å². The van der Waals surface area contributed by atoms with Crippen LogP contribution in [-0.2, 0) is 15.9 Å². The quantitative estimate of drug-likeness (QED) is 0.697. The summed E-state index contributed by atoms with van der Waals surface area (Å²) < 4.78 is 19.1. The molecule has 25 heavy (non-hydrogen) atoms. The van der Waals surface area contributed by atoms with Gasteiger partial charge in [-0.2, -0.15) is 0 Å². The van der Waals surface area contributed by atoms with E-state index >= 15 is 0 Å². The molecule has 0 spiro atoms. The highest BCUT2D eigenvalue weighted by Crippen LogP contribution is 2.36. The molecule has 1 aliphatic rings. The third kappa shape index (κ3) is 3.94. The minimum atomic E-state index is -0.326. The number of halogens is 1. The summed E-state index contributed by atoms with van der Waals surface area (Å²) in [5, 5.41) is 0. The van der Waals surface area contributed by atoms with Crippen LogP contribution in [0, 0.1) is 6.92 Å². The van der Waals surface area contributed by atoms with Crippen molar-refractivity contribution in [3.8, 4) is 5.75 Å². The molecule has 0 aromatic heterocycles. The van der Waals surface area contributed by atoms with Crippen LogP contribution in [0.15, 0.2) is 46.9 Å². The van der Waals surface area contributed by atoms with Crippen molar-refractivity contribution in [3.05, 3.63) is 58.1 Å². The molecule has 0 aliphatic carbocycles. The molecule has 132 valence electrons. The summed E-state index contributed by atoms with van der Waals surface area (Å²) in [4.78, 5) is 0. The topological polar surface area (TPSA) is 27.7 Å². The molecule has 0 saturated carbocycles. The Morgan fingerprint density at radius 1 is 0.960 bits per heavy atom. The second-order valence-electron chi connectivity index (χ2n) is 7.53. The third-order valence-electron chi connectivity index (χ3n) is 5.05. The van der Waals surface area contributed by atoms with Crippen molar-refractivity contribution in [2.45, 2.75) is 52.4 Å². The molecule has 0 bridgehead atoms. The van der Waals surface area contributed by atoms with E-state index in [0.29, 0.717) is 6.61 Å². The molecule has 0 N–H and O–H groups in total. The zero-order valence-electron chi connectivity index (χ0n) is 15.4. The van der Waals surface area contributed by atoms with Crippen molar-refractivity contribution in [2.24, 2.45) is 0 Å². The Morgan fingerprint density at radius 3 is 2.12 bits per heavy atom. The van der Waals surface area contributed by atoms with Gasteiger partial charge in [-0.3, -0.25) is 0 Å². The zero-order valence-corrected chi connectivity index (χ0v) is 17.0. The van der Waals surface area contributed by atoms with Gasteiger partial charge in [0.05, 0.1) is 11.2 Å². The van der Waals surface area contributed by atoms with Crippen molar-refractivity contribution >= 4 is 28.5 Å². The minimum absolute atomic E-state index is 0.321. The molecule has 1 aliphatic heterocycles. The average molecular weight is 403 g/mol. The molecule has 0 radical (unpaired) electrons. The summed E-state index contributed by atoms with van der Waals surface area (Å²) in [5.74, 6) is 0.854. The lowest BCUT2D eigenvalue weighted by molar-refractivity contribution is 0.00578. The van der Waals surface area contributed by atoms with Gasteiger partial charge in [-0.1, -0.05) is 46.3 Å². The van der Waals surface area contributed by atoms with E-state index in [0.717, 1.165) is 21.2 Å². The van der Waals surface area contributed by atoms with Crippen LogP contribution in [0.5, 0.6) is 5.75 Å². The number of hydrogen-bond donors (Lipinski definition) is 0. The second kappa shape index (κ2) is 6.78. The van der Waals surface area contributed by atoms with Crippen LogP contribution in [0.25, 0.3) is 0 Å². The third-order valence-corrected chi connectivity index (χ3v) is 5.91. The fraction of sp³-hybridized carbons (Fsp3) is 0.400. The lowest BCUT2D eigenvalue weighted by atomic mass is 9.79. The number of rotatable bonds is 4. The van der Waals surface area contributed by atoms with Crippen LogP contribution in [0.4, 0.5) is 0 Å². The van der Waals surface area contributed by atoms with Gasteiger partial charge in [-0.05, 0) is 63.3 Å². The van der Waals surface area contributed by atoms with Crippen LogP contribution in [-0.4, -0.2) is 18.3 Å². The average Bonchev–Trinajstić information content (AvgIpc) is 2.77. The maximum atomic E-state index is 6.08. The van der Waals surface area contributed by atoms with E-state index in [2.05, 4.69) is 62.7 Å². The van der Waals surface area contributed by atoms with Gasteiger partial charge < -0.3 is 14.0 Å². The van der Waals surface area contributed by atoms with Crippen molar-refractivity contribution < 1.29 is 14.0 Å². The van der Waals surface area contributed by atoms with Crippen LogP contribution in [0.1, 0.15) is 38.8 Å². The Morgan fingerprint density at radius 2 is 1.56 bits per heavy atom. The SMILES string of the molecule is Cc1ccc(OCc2ccc(B3OC(C)(C)C(C)(C)O3)cc2)cc1Br. The molecule has 3 rings (SSSR count). The molecular weight excluding hydrogens is 379 g/mol. The smallest absolute Gasteiger partial charge is 0.489 e. The zero-order chi connectivity index (χ0) is 18.2. The fourth-order valence-electron chi connectivity index (χ4n) is 2.58. The van der Waals surface area contributed by atoms with E-state index < -0.39 is 0 Å². The fourth-order valence-corrected chi connectivity index (χ4v) is 2.94. The molecule has 0 unspecified atom stereocenters. The number of ether oxygens (including phenoxy) is 1. The van der Waals surface area contributed by atoms with Gasteiger partial charge >= 0.3 is 7.12 Å². The van der Waals surface area contributed by atoms with E-state index in [1.807, 2.05) is 30.3 Å². The van der Waals surface area contributed by atoms with Gasteiger partial charge in [0.15, 0.2) is 0 Å². The van der Waals surface area contributed by atoms with E-state index in [4.69, 9.17) is 14.0 Å². The van der Waals surface area contributed by atoms with Crippen molar-refractivity contribution in [3.63, 3.8) is 0 Å². The molecule has 0 amide bonds. The Hall–Kier alpha value is -1.30. The maximum absolute atomic E-state index is 6.08. The first-order valence-electron chi connectivity index (χ1n) is 8.51. The largest absolute Gasteiger partial charge is 0.494 e. The van der Waals surface area contributed by atoms with Crippen LogP contribution in [0.2, 0.25) is 0 Å². The van der Waals surface area contributed by atoms with Gasteiger partial charge in [0.2, 0.25) is 0 Å². The summed E-state index contributed by atoms with van der Waals surface area (Å²) in [6.45, 7) is 10.8. The van der Waals surface area contributed by atoms with Crippen molar-refractivity contribution in [1.82, 2.24) is 0 Å². The molecular formula is C20H24BBrO3. The van der Waals surface area contributed by atoms with Gasteiger partial charge in [-0.15, -0.1) is 0 Å². The van der Waals surface area contributed by atoms with Gasteiger partial charge in [-0.25, -0.2) is 0 Å². The Kier molecular flexibility index (Phi) is 5.02. The van der Waals surface area contributed by atoms with Gasteiger partial charge in [0.25, 0.3) is 0 Å². The molecule has 1 saturated heterocycles. The van der Waals surface area contributed by atoms with Crippen LogP contribution < -0.4 is 10.2 Å². The molecule has 2 aromatic carbocycles. The van der Waals surface area contributed by atoms with E-state index in [1.54, 1.807) is 0 Å². The van der Waals surface area contributed by atoms with Crippen LogP contribution >= 0.6 is 15.9 Å². The molecule has 0 atom stereocenters.